The fourth-order valence-electron chi connectivity index (χ4n) is 3.71. The van der Waals surface area contributed by atoms with Gasteiger partial charge in [0.2, 0.25) is 0 Å². The SMILES string of the molecule is COc1cc(OC)c(OC)cc1CN1CCc2nc(-c3cccnc3)[nH]c(=O)c2C1. The first-order valence-electron chi connectivity index (χ1n) is 9.66. The van der Waals surface area contributed by atoms with Crippen molar-refractivity contribution in [2.75, 3.05) is 27.9 Å². The van der Waals surface area contributed by atoms with Gasteiger partial charge in [-0.3, -0.25) is 14.7 Å². The first kappa shape index (κ1) is 19.9. The summed E-state index contributed by atoms with van der Waals surface area (Å²) in [6.45, 7) is 1.92. The van der Waals surface area contributed by atoms with E-state index in [1.54, 1.807) is 33.7 Å². The molecule has 2 aromatic heterocycles. The fourth-order valence-corrected chi connectivity index (χ4v) is 3.71. The number of pyridine rings is 1. The van der Waals surface area contributed by atoms with Gasteiger partial charge in [-0.05, 0) is 18.2 Å². The highest BCUT2D eigenvalue weighted by molar-refractivity contribution is 5.53. The van der Waals surface area contributed by atoms with Gasteiger partial charge in [0.15, 0.2) is 11.5 Å². The van der Waals surface area contributed by atoms with E-state index < -0.39 is 0 Å². The lowest BCUT2D eigenvalue weighted by Crippen LogP contribution is -2.35. The minimum absolute atomic E-state index is 0.108. The van der Waals surface area contributed by atoms with Crippen molar-refractivity contribution in [3.63, 3.8) is 0 Å². The van der Waals surface area contributed by atoms with Crippen LogP contribution in [-0.2, 0) is 19.5 Å². The van der Waals surface area contributed by atoms with Crippen LogP contribution in [-0.4, -0.2) is 47.7 Å². The minimum Gasteiger partial charge on any atom is -0.496 e. The van der Waals surface area contributed by atoms with Crippen LogP contribution in [0.2, 0.25) is 0 Å². The number of hydrogen-bond acceptors (Lipinski definition) is 7. The van der Waals surface area contributed by atoms with Gasteiger partial charge in [0.25, 0.3) is 5.56 Å². The van der Waals surface area contributed by atoms with Crippen LogP contribution in [0, 0.1) is 0 Å². The fraction of sp³-hybridized carbons (Fsp3) is 0.318. The summed E-state index contributed by atoms with van der Waals surface area (Å²) in [6.07, 6.45) is 4.09. The topological polar surface area (TPSA) is 89.6 Å². The maximum atomic E-state index is 12.8. The summed E-state index contributed by atoms with van der Waals surface area (Å²) in [4.78, 5) is 26.6. The molecule has 3 aromatic rings. The normalized spacial score (nSPS) is 13.6. The largest absolute Gasteiger partial charge is 0.496 e. The molecule has 0 amide bonds. The molecule has 30 heavy (non-hydrogen) atoms. The molecule has 0 unspecified atom stereocenters. The van der Waals surface area contributed by atoms with E-state index in [-0.39, 0.29) is 5.56 Å². The quantitative estimate of drug-likeness (QED) is 0.670. The number of fused-ring (bicyclic) bond motifs is 1. The number of ether oxygens (including phenoxy) is 3. The third-order valence-electron chi connectivity index (χ3n) is 5.26. The Morgan fingerprint density at radius 2 is 1.87 bits per heavy atom. The van der Waals surface area contributed by atoms with Crippen LogP contribution in [0.1, 0.15) is 16.8 Å². The molecule has 8 nitrogen and oxygen atoms in total. The minimum atomic E-state index is -0.108. The zero-order valence-electron chi connectivity index (χ0n) is 17.3. The van der Waals surface area contributed by atoms with E-state index in [9.17, 15) is 4.79 Å². The zero-order chi connectivity index (χ0) is 21.1. The number of benzene rings is 1. The molecule has 0 radical (unpaired) electrons. The molecule has 3 heterocycles. The summed E-state index contributed by atoms with van der Waals surface area (Å²) < 4.78 is 16.3. The summed E-state index contributed by atoms with van der Waals surface area (Å²) in [5, 5.41) is 0. The molecule has 0 aliphatic carbocycles. The highest BCUT2D eigenvalue weighted by atomic mass is 16.5. The van der Waals surface area contributed by atoms with Crippen LogP contribution in [0.5, 0.6) is 17.2 Å². The van der Waals surface area contributed by atoms with Crippen molar-refractivity contribution < 1.29 is 14.2 Å². The Kier molecular flexibility index (Phi) is 5.67. The van der Waals surface area contributed by atoms with Gasteiger partial charge in [-0.15, -0.1) is 0 Å². The molecule has 0 atom stereocenters. The van der Waals surface area contributed by atoms with E-state index in [1.807, 2.05) is 24.3 Å². The van der Waals surface area contributed by atoms with Crippen molar-refractivity contribution in [2.45, 2.75) is 19.5 Å². The van der Waals surface area contributed by atoms with Gasteiger partial charge in [0.1, 0.15) is 11.6 Å². The first-order valence-corrected chi connectivity index (χ1v) is 9.66. The van der Waals surface area contributed by atoms with Crippen LogP contribution in [0.15, 0.2) is 41.5 Å². The molecule has 1 aliphatic heterocycles. The van der Waals surface area contributed by atoms with Crippen LogP contribution in [0.4, 0.5) is 0 Å². The Balaban J connectivity index is 1.59. The lowest BCUT2D eigenvalue weighted by molar-refractivity contribution is 0.237. The number of rotatable bonds is 6. The molecule has 1 N–H and O–H groups in total. The Morgan fingerprint density at radius 3 is 2.57 bits per heavy atom. The zero-order valence-corrected chi connectivity index (χ0v) is 17.3. The van der Waals surface area contributed by atoms with Gasteiger partial charge in [0, 0.05) is 55.6 Å². The van der Waals surface area contributed by atoms with Crippen molar-refractivity contribution in [1.82, 2.24) is 19.9 Å². The lowest BCUT2D eigenvalue weighted by atomic mass is 10.0. The third kappa shape index (κ3) is 3.86. The average Bonchev–Trinajstić information content (AvgIpc) is 2.79. The highest BCUT2D eigenvalue weighted by Crippen LogP contribution is 2.35. The second-order valence-corrected chi connectivity index (χ2v) is 7.06. The van der Waals surface area contributed by atoms with E-state index in [0.717, 1.165) is 29.1 Å². The van der Waals surface area contributed by atoms with Crippen molar-refractivity contribution in [1.29, 1.82) is 0 Å². The predicted molar refractivity (Wildman–Crippen MR) is 112 cm³/mol. The molecule has 0 bridgehead atoms. The molecule has 0 saturated carbocycles. The molecule has 1 aliphatic rings. The van der Waals surface area contributed by atoms with E-state index in [1.165, 1.54) is 0 Å². The van der Waals surface area contributed by atoms with Crippen LogP contribution < -0.4 is 19.8 Å². The van der Waals surface area contributed by atoms with Gasteiger partial charge in [0.05, 0.1) is 32.6 Å². The van der Waals surface area contributed by atoms with E-state index in [4.69, 9.17) is 14.2 Å². The smallest absolute Gasteiger partial charge is 0.255 e. The molecule has 0 spiro atoms. The highest BCUT2D eigenvalue weighted by Gasteiger charge is 2.23. The Labute approximate surface area is 174 Å². The second kappa shape index (κ2) is 8.54. The van der Waals surface area contributed by atoms with Crippen LogP contribution in [0.25, 0.3) is 11.4 Å². The van der Waals surface area contributed by atoms with Crippen molar-refractivity contribution in [3.8, 4) is 28.6 Å². The molecular weight excluding hydrogens is 384 g/mol. The number of nitrogens with one attached hydrogen (secondary N) is 1. The van der Waals surface area contributed by atoms with Gasteiger partial charge in [-0.25, -0.2) is 4.98 Å². The summed E-state index contributed by atoms with van der Waals surface area (Å²) in [7, 11) is 4.83. The molecule has 0 fully saturated rings. The molecular formula is C22H24N4O4. The summed E-state index contributed by atoms with van der Waals surface area (Å²) >= 11 is 0. The number of nitrogens with zero attached hydrogens (tertiary/aromatic N) is 3. The van der Waals surface area contributed by atoms with E-state index >= 15 is 0 Å². The maximum Gasteiger partial charge on any atom is 0.255 e. The summed E-state index contributed by atoms with van der Waals surface area (Å²) in [5.41, 5.74) is 3.20. The molecule has 156 valence electrons. The predicted octanol–water partition coefficient (Wildman–Crippen LogP) is 2.42. The van der Waals surface area contributed by atoms with Gasteiger partial charge in [-0.1, -0.05) is 0 Å². The summed E-state index contributed by atoms with van der Waals surface area (Å²) in [5.74, 6) is 2.54. The molecule has 8 heteroatoms. The second-order valence-electron chi connectivity index (χ2n) is 7.06. The number of aromatic amines is 1. The van der Waals surface area contributed by atoms with Gasteiger partial charge in [-0.2, -0.15) is 0 Å². The van der Waals surface area contributed by atoms with Gasteiger partial charge < -0.3 is 19.2 Å². The van der Waals surface area contributed by atoms with E-state index in [0.29, 0.717) is 42.4 Å². The van der Waals surface area contributed by atoms with Crippen molar-refractivity contribution >= 4 is 0 Å². The molecule has 0 saturated heterocycles. The number of methoxy groups -OCH3 is 3. The monoisotopic (exact) mass is 408 g/mol. The van der Waals surface area contributed by atoms with E-state index in [2.05, 4.69) is 19.9 Å². The van der Waals surface area contributed by atoms with Gasteiger partial charge >= 0.3 is 0 Å². The number of hydrogen-bond donors (Lipinski definition) is 1. The van der Waals surface area contributed by atoms with Crippen molar-refractivity contribution in [3.05, 3.63) is 63.8 Å². The van der Waals surface area contributed by atoms with Crippen LogP contribution >= 0.6 is 0 Å². The lowest BCUT2D eigenvalue weighted by Gasteiger charge is -2.28. The number of H-pyrrole nitrogens is 1. The van der Waals surface area contributed by atoms with Crippen LogP contribution in [0.3, 0.4) is 0 Å². The Bertz CT molecular complexity index is 1100. The third-order valence-corrected chi connectivity index (χ3v) is 5.26. The maximum absolute atomic E-state index is 12.8. The summed E-state index contributed by atoms with van der Waals surface area (Å²) in [6, 6.07) is 7.45. The standard InChI is InChI=1S/C22H24N4O4/c1-28-18-10-20(30-3)19(29-2)9-15(18)12-26-8-6-17-16(13-26)22(27)25-21(24-17)14-5-4-7-23-11-14/h4-5,7,9-11H,6,8,12-13H2,1-3H3,(H,24,25,27). The Morgan fingerprint density at radius 1 is 1.10 bits per heavy atom. The molecule has 1 aromatic carbocycles. The molecule has 4 rings (SSSR count). The number of aromatic nitrogens is 3. The first-order chi connectivity index (χ1) is 14.6. The van der Waals surface area contributed by atoms with Crippen molar-refractivity contribution in [2.24, 2.45) is 0 Å². The Hall–Kier alpha value is -3.39. The average molecular weight is 408 g/mol.